The van der Waals surface area contributed by atoms with Gasteiger partial charge < -0.3 is 0 Å². The summed E-state index contributed by atoms with van der Waals surface area (Å²) in [5, 5.41) is 0. The summed E-state index contributed by atoms with van der Waals surface area (Å²) in [4.78, 5) is 0. The topological polar surface area (TPSA) is 43.4 Å². The second kappa shape index (κ2) is 6.23. The fraction of sp³-hybridized carbons (Fsp3) is 1.00. The quantitative estimate of drug-likeness (QED) is 0.573. The fourth-order valence-electron chi connectivity index (χ4n) is 2.24. The predicted octanol–water partition coefficient (Wildman–Crippen LogP) is 3.60. The van der Waals surface area contributed by atoms with Crippen LogP contribution in [0.15, 0.2) is 0 Å². The first-order valence-electron chi connectivity index (χ1n) is 6.26. The molecule has 1 fully saturated rings. The van der Waals surface area contributed by atoms with Crippen LogP contribution in [0.1, 0.15) is 51.9 Å². The second-order valence-electron chi connectivity index (χ2n) is 4.78. The fourth-order valence-corrected chi connectivity index (χ4v) is 2.90. The normalized spacial score (nSPS) is 26.2. The number of alkyl halides is 3. The molecule has 7 heteroatoms. The number of halogens is 3. The molecule has 0 bridgehead atoms. The molecule has 3 nitrogen and oxygen atoms in total. The SMILES string of the molecule is CCCCC1CCC(OS(=O)(=O)C(F)(F)F)CC1. The minimum Gasteiger partial charge on any atom is -0.260 e. The molecule has 0 unspecified atom stereocenters. The third-order valence-corrected chi connectivity index (χ3v) is 4.40. The molecule has 1 rings (SSSR count). The van der Waals surface area contributed by atoms with Gasteiger partial charge in [-0.05, 0) is 31.6 Å². The Kier molecular flexibility index (Phi) is 5.46. The van der Waals surface area contributed by atoms with Crippen LogP contribution < -0.4 is 0 Å². The molecule has 0 N–H and O–H groups in total. The molecular formula is C11H19F3O3S. The highest BCUT2D eigenvalue weighted by Gasteiger charge is 2.48. The number of rotatable bonds is 5. The molecule has 108 valence electrons. The van der Waals surface area contributed by atoms with E-state index in [4.69, 9.17) is 0 Å². The van der Waals surface area contributed by atoms with E-state index < -0.39 is 21.7 Å². The molecule has 0 saturated heterocycles. The molecule has 0 aromatic carbocycles. The molecule has 0 radical (unpaired) electrons. The maximum absolute atomic E-state index is 12.1. The highest BCUT2D eigenvalue weighted by molar-refractivity contribution is 7.87. The summed E-state index contributed by atoms with van der Waals surface area (Å²) in [6.07, 6.45) is 4.74. The standard InChI is InChI=1S/C11H19F3O3S/c1-2-3-4-9-5-7-10(8-6-9)17-18(15,16)11(12,13)14/h9-10H,2-8H2,1H3. The maximum Gasteiger partial charge on any atom is 0.523 e. The van der Waals surface area contributed by atoms with E-state index in [9.17, 15) is 21.6 Å². The van der Waals surface area contributed by atoms with Crippen molar-refractivity contribution in [2.24, 2.45) is 5.92 Å². The summed E-state index contributed by atoms with van der Waals surface area (Å²) >= 11 is 0. The van der Waals surface area contributed by atoms with E-state index in [2.05, 4.69) is 11.1 Å². The number of hydrogen-bond acceptors (Lipinski definition) is 3. The largest absolute Gasteiger partial charge is 0.523 e. The van der Waals surface area contributed by atoms with Gasteiger partial charge in [-0.25, -0.2) is 0 Å². The van der Waals surface area contributed by atoms with Gasteiger partial charge in [-0.1, -0.05) is 26.2 Å². The third-order valence-electron chi connectivity index (χ3n) is 3.31. The lowest BCUT2D eigenvalue weighted by molar-refractivity contribution is -0.0590. The summed E-state index contributed by atoms with van der Waals surface area (Å²) < 4.78 is 62.3. The van der Waals surface area contributed by atoms with Gasteiger partial charge in [-0.3, -0.25) is 4.18 Å². The van der Waals surface area contributed by atoms with Crippen molar-refractivity contribution < 1.29 is 25.8 Å². The molecule has 0 heterocycles. The average molecular weight is 288 g/mol. The van der Waals surface area contributed by atoms with Gasteiger partial charge in [0.1, 0.15) is 0 Å². The molecule has 0 spiro atoms. The van der Waals surface area contributed by atoms with Gasteiger partial charge in [-0.2, -0.15) is 21.6 Å². The summed E-state index contributed by atoms with van der Waals surface area (Å²) in [6.45, 7) is 2.09. The van der Waals surface area contributed by atoms with Crippen LogP contribution in [0.25, 0.3) is 0 Å². The first-order chi connectivity index (χ1) is 8.26. The Bertz CT molecular complexity index is 343. The zero-order valence-corrected chi connectivity index (χ0v) is 11.2. The van der Waals surface area contributed by atoms with Crippen molar-refractivity contribution in [3.05, 3.63) is 0 Å². The van der Waals surface area contributed by atoms with E-state index in [1.54, 1.807) is 0 Å². The first-order valence-corrected chi connectivity index (χ1v) is 7.66. The van der Waals surface area contributed by atoms with Crippen LogP contribution in [-0.4, -0.2) is 20.0 Å². The molecule has 1 saturated carbocycles. The zero-order valence-electron chi connectivity index (χ0n) is 10.4. The Morgan fingerprint density at radius 2 is 1.72 bits per heavy atom. The van der Waals surface area contributed by atoms with E-state index in [-0.39, 0.29) is 0 Å². The summed E-state index contributed by atoms with van der Waals surface area (Å²) in [6, 6.07) is 0. The van der Waals surface area contributed by atoms with E-state index >= 15 is 0 Å². The van der Waals surface area contributed by atoms with Crippen molar-refractivity contribution in [3.63, 3.8) is 0 Å². The maximum atomic E-state index is 12.1. The highest BCUT2D eigenvalue weighted by atomic mass is 32.2. The monoisotopic (exact) mass is 288 g/mol. The van der Waals surface area contributed by atoms with Crippen LogP contribution in [0, 0.1) is 5.92 Å². The minimum absolute atomic E-state index is 0.393. The van der Waals surface area contributed by atoms with Gasteiger partial charge >= 0.3 is 15.6 Å². The zero-order chi connectivity index (χ0) is 13.8. The first kappa shape index (κ1) is 15.8. The van der Waals surface area contributed by atoms with Gasteiger partial charge in [0, 0.05) is 0 Å². The molecule has 0 aromatic rings. The van der Waals surface area contributed by atoms with E-state index in [0.717, 1.165) is 32.1 Å². The van der Waals surface area contributed by atoms with Crippen molar-refractivity contribution in [3.8, 4) is 0 Å². The van der Waals surface area contributed by atoms with E-state index in [1.165, 1.54) is 0 Å². The van der Waals surface area contributed by atoms with Crippen LogP contribution in [0.5, 0.6) is 0 Å². The minimum atomic E-state index is -5.43. The van der Waals surface area contributed by atoms with Crippen LogP contribution in [-0.2, 0) is 14.3 Å². The molecule has 1 aliphatic carbocycles. The van der Waals surface area contributed by atoms with E-state index in [0.29, 0.717) is 18.8 Å². The Hall–Kier alpha value is -0.300. The molecule has 0 aromatic heterocycles. The Morgan fingerprint density at radius 1 is 1.17 bits per heavy atom. The molecular weight excluding hydrogens is 269 g/mol. The Balaban J connectivity index is 2.40. The van der Waals surface area contributed by atoms with Crippen molar-refractivity contribution in [2.75, 3.05) is 0 Å². The highest BCUT2D eigenvalue weighted by Crippen LogP contribution is 2.33. The number of unbranched alkanes of at least 4 members (excludes halogenated alkanes) is 1. The van der Waals surface area contributed by atoms with E-state index in [1.807, 2.05) is 0 Å². The van der Waals surface area contributed by atoms with Gasteiger partial charge in [0.25, 0.3) is 0 Å². The van der Waals surface area contributed by atoms with Gasteiger partial charge in [0.2, 0.25) is 0 Å². The van der Waals surface area contributed by atoms with Crippen molar-refractivity contribution in [1.82, 2.24) is 0 Å². The van der Waals surface area contributed by atoms with Gasteiger partial charge in [0.15, 0.2) is 0 Å². The predicted molar refractivity (Wildman–Crippen MR) is 61.3 cm³/mol. The van der Waals surface area contributed by atoms with Crippen LogP contribution >= 0.6 is 0 Å². The van der Waals surface area contributed by atoms with Gasteiger partial charge in [-0.15, -0.1) is 0 Å². The lowest BCUT2D eigenvalue weighted by Crippen LogP contribution is -2.32. The van der Waals surface area contributed by atoms with Crippen LogP contribution in [0.3, 0.4) is 0 Å². The van der Waals surface area contributed by atoms with Crippen molar-refractivity contribution in [2.45, 2.75) is 63.5 Å². The summed E-state index contributed by atoms with van der Waals surface area (Å²) in [5.74, 6) is 0.499. The summed E-state index contributed by atoms with van der Waals surface area (Å²) in [7, 11) is -5.43. The number of hydrogen-bond donors (Lipinski definition) is 0. The van der Waals surface area contributed by atoms with Crippen molar-refractivity contribution in [1.29, 1.82) is 0 Å². The molecule has 0 atom stereocenters. The molecule has 1 aliphatic rings. The van der Waals surface area contributed by atoms with Crippen LogP contribution in [0.4, 0.5) is 13.2 Å². The average Bonchev–Trinajstić information content (AvgIpc) is 2.26. The lowest BCUT2D eigenvalue weighted by Gasteiger charge is -2.28. The Morgan fingerprint density at radius 3 is 2.17 bits per heavy atom. The Labute approximate surface area is 106 Å². The third kappa shape index (κ3) is 4.42. The smallest absolute Gasteiger partial charge is 0.260 e. The van der Waals surface area contributed by atoms with Gasteiger partial charge in [0.05, 0.1) is 6.10 Å². The lowest BCUT2D eigenvalue weighted by atomic mass is 9.84. The molecule has 18 heavy (non-hydrogen) atoms. The molecule has 0 amide bonds. The van der Waals surface area contributed by atoms with Crippen molar-refractivity contribution >= 4 is 10.1 Å². The molecule has 0 aliphatic heterocycles. The second-order valence-corrected chi connectivity index (χ2v) is 6.34. The summed E-state index contributed by atoms with van der Waals surface area (Å²) in [5.41, 5.74) is -5.31. The van der Waals surface area contributed by atoms with Crippen LogP contribution in [0.2, 0.25) is 0 Å².